The normalized spacial score (nSPS) is 18.9. The lowest BCUT2D eigenvalue weighted by Crippen LogP contribution is -2.49. The van der Waals surface area contributed by atoms with Crippen molar-refractivity contribution < 1.29 is 27.9 Å². The monoisotopic (exact) mass is 395 g/mol. The van der Waals surface area contributed by atoms with Crippen molar-refractivity contribution in [3.8, 4) is 5.75 Å². The van der Waals surface area contributed by atoms with Gasteiger partial charge >= 0.3 is 12.6 Å². The Kier molecular flexibility index (Phi) is 5.81. The predicted molar refractivity (Wildman–Crippen MR) is 95.6 cm³/mol. The summed E-state index contributed by atoms with van der Waals surface area (Å²) in [7, 11) is 1.60. The third-order valence-corrected chi connectivity index (χ3v) is 5.45. The van der Waals surface area contributed by atoms with Crippen LogP contribution in [-0.4, -0.2) is 53.4 Å². The van der Waals surface area contributed by atoms with Crippen LogP contribution in [0.25, 0.3) is 0 Å². The first-order valence-electron chi connectivity index (χ1n) is 9.24. The highest BCUT2D eigenvalue weighted by Gasteiger charge is 2.55. The van der Waals surface area contributed by atoms with Crippen molar-refractivity contribution in [2.75, 3.05) is 13.6 Å². The standard InChI is InChI=1S/C19H23F2N3O4/c1-23-18(27)24(16(26)19(23)9-5-2-6-10-19)12-15(25)22-11-13-7-3-4-8-14(13)28-17(20)21/h3-4,7-8,17H,2,5-6,9-12H2,1H3,(H,22,25). The van der Waals surface area contributed by atoms with Gasteiger partial charge in [0.1, 0.15) is 17.8 Å². The molecule has 1 aliphatic heterocycles. The minimum absolute atomic E-state index is 0.0352. The number of likely N-dealkylation sites (N-methyl/N-ethyl adjacent to an activating group) is 1. The Hall–Kier alpha value is -2.71. The molecule has 28 heavy (non-hydrogen) atoms. The molecule has 0 atom stereocenters. The average Bonchev–Trinajstić information content (AvgIpc) is 2.84. The quantitative estimate of drug-likeness (QED) is 0.751. The number of nitrogens with zero attached hydrogens (tertiary/aromatic N) is 2. The fourth-order valence-corrected chi connectivity index (χ4v) is 3.93. The first-order chi connectivity index (χ1) is 13.3. The van der Waals surface area contributed by atoms with Crippen LogP contribution in [0, 0.1) is 0 Å². The molecule has 152 valence electrons. The highest BCUT2D eigenvalue weighted by Crippen LogP contribution is 2.39. The zero-order valence-electron chi connectivity index (χ0n) is 15.6. The van der Waals surface area contributed by atoms with Gasteiger partial charge in [-0.15, -0.1) is 0 Å². The molecule has 1 spiro atoms. The zero-order chi connectivity index (χ0) is 20.3. The van der Waals surface area contributed by atoms with E-state index in [1.165, 1.54) is 11.0 Å². The van der Waals surface area contributed by atoms with Crippen molar-refractivity contribution in [3.63, 3.8) is 0 Å². The molecule has 1 aliphatic carbocycles. The van der Waals surface area contributed by atoms with E-state index >= 15 is 0 Å². The van der Waals surface area contributed by atoms with E-state index in [-0.39, 0.29) is 18.2 Å². The Morgan fingerprint density at radius 2 is 1.89 bits per heavy atom. The number of para-hydroxylation sites is 1. The second kappa shape index (κ2) is 8.12. The van der Waals surface area contributed by atoms with Crippen molar-refractivity contribution in [2.24, 2.45) is 0 Å². The SMILES string of the molecule is CN1C(=O)N(CC(=O)NCc2ccccc2OC(F)F)C(=O)C12CCCCC2. The van der Waals surface area contributed by atoms with Crippen LogP contribution in [0.1, 0.15) is 37.7 Å². The van der Waals surface area contributed by atoms with Gasteiger partial charge in [-0.25, -0.2) is 4.79 Å². The predicted octanol–water partition coefficient (Wildman–Crippen LogP) is 2.50. The highest BCUT2D eigenvalue weighted by atomic mass is 19.3. The topological polar surface area (TPSA) is 79.0 Å². The molecule has 0 unspecified atom stereocenters. The Morgan fingerprint density at radius 1 is 1.21 bits per heavy atom. The molecule has 0 bridgehead atoms. The molecule has 1 aromatic rings. The van der Waals surface area contributed by atoms with Gasteiger partial charge in [-0.3, -0.25) is 14.5 Å². The van der Waals surface area contributed by atoms with Crippen molar-refractivity contribution in [2.45, 2.75) is 50.8 Å². The third-order valence-electron chi connectivity index (χ3n) is 5.45. The summed E-state index contributed by atoms with van der Waals surface area (Å²) in [5.41, 5.74) is -0.469. The fourth-order valence-electron chi connectivity index (χ4n) is 3.93. The maximum Gasteiger partial charge on any atom is 0.387 e. The summed E-state index contributed by atoms with van der Waals surface area (Å²) in [5.74, 6) is -0.918. The summed E-state index contributed by atoms with van der Waals surface area (Å²) in [6.07, 6.45) is 3.96. The van der Waals surface area contributed by atoms with Gasteiger partial charge in [0.05, 0.1) is 0 Å². The number of ether oxygens (including phenoxy) is 1. The number of amides is 4. The smallest absolute Gasteiger partial charge is 0.387 e. The number of carbonyl (C=O) groups excluding carboxylic acids is 3. The van der Waals surface area contributed by atoms with E-state index in [0.717, 1.165) is 24.2 Å². The van der Waals surface area contributed by atoms with Gasteiger partial charge < -0.3 is 15.0 Å². The van der Waals surface area contributed by atoms with Crippen molar-refractivity contribution in [1.29, 1.82) is 0 Å². The zero-order valence-corrected chi connectivity index (χ0v) is 15.6. The Morgan fingerprint density at radius 3 is 2.57 bits per heavy atom. The van der Waals surface area contributed by atoms with Crippen molar-refractivity contribution in [1.82, 2.24) is 15.1 Å². The Balaban J connectivity index is 1.63. The fraction of sp³-hybridized carbons (Fsp3) is 0.526. The molecular formula is C19H23F2N3O4. The lowest BCUT2D eigenvalue weighted by atomic mass is 9.81. The van der Waals surface area contributed by atoms with Gasteiger partial charge in [0.15, 0.2) is 0 Å². The summed E-state index contributed by atoms with van der Waals surface area (Å²) in [4.78, 5) is 40.1. The molecule has 1 aromatic carbocycles. The number of hydrogen-bond donors (Lipinski definition) is 1. The number of imide groups is 1. The number of nitrogens with one attached hydrogen (secondary N) is 1. The molecule has 9 heteroatoms. The molecule has 2 fully saturated rings. The average molecular weight is 395 g/mol. The van der Waals surface area contributed by atoms with Gasteiger partial charge in [0.2, 0.25) is 5.91 Å². The number of rotatable bonds is 6. The van der Waals surface area contributed by atoms with Crippen molar-refractivity contribution >= 4 is 17.8 Å². The summed E-state index contributed by atoms with van der Waals surface area (Å²) in [6.45, 7) is -3.43. The van der Waals surface area contributed by atoms with Crippen LogP contribution in [0.2, 0.25) is 0 Å². The van der Waals surface area contributed by atoms with Gasteiger partial charge in [-0.1, -0.05) is 37.5 Å². The van der Waals surface area contributed by atoms with Gasteiger partial charge in [-0.2, -0.15) is 8.78 Å². The largest absolute Gasteiger partial charge is 0.434 e. The van der Waals surface area contributed by atoms with Crippen molar-refractivity contribution in [3.05, 3.63) is 29.8 Å². The number of halogens is 2. The van der Waals surface area contributed by atoms with Crippen LogP contribution in [0.4, 0.5) is 13.6 Å². The van der Waals surface area contributed by atoms with Gasteiger partial charge in [0, 0.05) is 19.2 Å². The molecule has 7 nitrogen and oxygen atoms in total. The number of benzene rings is 1. The number of urea groups is 1. The van der Waals surface area contributed by atoms with Crippen LogP contribution in [0.5, 0.6) is 5.75 Å². The van der Waals surface area contributed by atoms with E-state index in [2.05, 4.69) is 10.1 Å². The van der Waals surface area contributed by atoms with Crippen LogP contribution < -0.4 is 10.1 Å². The van der Waals surface area contributed by atoms with Crippen LogP contribution in [-0.2, 0) is 16.1 Å². The second-order valence-electron chi connectivity index (χ2n) is 7.09. The van der Waals surface area contributed by atoms with Crippen LogP contribution in [0.15, 0.2) is 24.3 Å². The molecule has 0 radical (unpaired) electrons. The second-order valence-corrected chi connectivity index (χ2v) is 7.09. The maximum atomic E-state index is 12.9. The molecular weight excluding hydrogens is 372 g/mol. The van der Waals surface area contributed by atoms with Gasteiger partial charge in [-0.05, 0) is 18.9 Å². The molecule has 0 aromatic heterocycles. The molecule has 3 rings (SSSR count). The molecule has 2 aliphatic rings. The third kappa shape index (κ3) is 3.79. The molecule has 1 saturated heterocycles. The molecule has 1 saturated carbocycles. The lowest BCUT2D eigenvalue weighted by molar-refractivity contribution is -0.137. The number of alkyl halides is 2. The molecule has 1 N–H and O–H groups in total. The van der Waals surface area contributed by atoms with Gasteiger partial charge in [0.25, 0.3) is 5.91 Å². The molecule has 1 heterocycles. The Bertz CT molecular complexity index is 765. The minimum atomic E-state index is -2.97. The first kappa shape index (κ1) is 20.0. The molecule has 4 amide bonds. The maximum absolute atomic E-state index is 12.9. The van der Waals surface area contributed by atoms with Crippen LogP contribution in [0.3, 0.4) is 0 Å². The van der Waals surface area contributed by atoms with E-state index in [9.17, 15) is 23.2 Å². The number of carbonyl (C=O) groups is 3. The van der Waals surface area contributed by atoms with E-state index in [1.54, 1.807) is 25.2 Å². The van der Waals surface area contributed by atoms with E-state index in [0.29, 0.717) is 18.4 Å². The van der Waals surface area contributed by atoms with E-state index in [4.69, 9.17) is 0 Å². The van der Waals surface area contributed by atoms with E-state index < -0.39 is 30.6 Å². The first-order valence-corrected chi connectivity index (χ1v) is 9.24. The summed E-state index contributed by atoms with van der Waals surface area (Å²) >= 11 is 0. The number of hydrogen-bond acceptors (Lipinski definition) is 4. The minimum Gasteiger partial charge on any atom is -0.434 e. The summed E-state index contributed by atoms with van der Waals surface area (Å²) < 4.78 is 29.4. The van der Waals surface area contributed by atoms with E-state index in [1.807, 2.05) is 0 Å². The Labute approximate surface area is 161 Å². The summed E-state index contributed by atoms with van der Waals surface area (Å²) in [6, 6.07) is 5.63. The highest BCUT2D eigenvalue weighted by molar-refractivity contribution is 6.08. The summed E-state index contributed by atoms with van der Waals surface area (Å²) in [5, 5.41) is 2.56. The van der Waals surface area contributed by atoms with Crippen LogP contribution >= 0.6 is 0 Å². The lowest BCUT2D eigenvalue weighted by Gasteiger charge is -2.35.